The van der Waals surface area contributed by atoms with Gasteiger partial charge in [0.2, 0.25) is 5.12 Å². The summed E-state index contributed by atoms with van der Waals surface area (Å²) < 4.78 is 1.61. The van der Waals surface area contributed by atoms with E-state index in [9.17, 15) is 4.79 Å². The Morgan fingerprint density at radius 1 is 1.00 bits per heavy atom. The van der Waals surface area contributed by atoms with Gasteiger partial charge >= 0.3 is 0 Å². The molecule has 2 rings (SSSR count). The van der Waals surface area contributed by atoms with E-state index in [0.717, 1.165) is 18.4 Å². The second kappa shape index (κ2) is 13.5. The van der Waals surface area contributed by atoms with E-state index in [1.807, 2.05) is 12.3 Å². The van der Waals surface area contributed by atoms with Gasteiger partial charge in [-0.15, -0.1) is 5.10 Å². The largest absolute Gasteiger partial charge is 0.286 e. The minimum absolute atomic E-state index is 0.0819. The van der Waals surface area contributed by atoms with Gasteiger partial charge < -0.3 is 0 Å². The van der Waals surface area contributed by atoms with Crippen LogP contribution in [0.2, 0.25) is 0 Å². The minimum Gasteiger partial charge on any atom is -0.286 e. The minimum atomic E-state index is -0.413. The summed E-state index contributed by atoms with van der Waals surface area (Å²) in [6, 6.07) is 8.26. The van der Waals surface area contributed by atoms with Gasteiger partial charge in [-0.25, -0.2) is 4.68 Å². The Bertz CT molecular complexity index is 731. The van der Waals surface area contributed by atoms with Crippen LogP contribution in [0.5, 0.6) is 0 Å². The lowest BCUT2D eigenvalue weighted by atomic mass is 9.91. The molecule has 1 aromatic heterocycles. The molecule has 29 heavy (non-hydrogen) atoms. The van der Waals surface area contributed by atoms with E-state index in [4.69, 9.17) is 0 Å². The molecule has 1 atom stereocenters. The van der Waals surface area contributed by atoms with Crippen LogP contribution in [0.4, 0.5) is 0 Å². The lowest BCUT2D eigenvalue weighted by Gasteiger charge is -2.17. The summed E-state index contributed by atoms with van der Waals surface area (Å²) in [7, 11) is 1.79. The van der Waals surface area contributed by atoms with Crippen LogP contribution >= 0.6 is 11.8 Å². The molecule has 0 saturated heterocycles. The van der Waals surface area contributed by atoms with E-state index < -0.39 is 5.92 Å². The number of hydrogen-bond donors (Lipinski definition) is 0. The molecule has 0 aliphatic carbocycles. The standard InChI is InChI=1S/C23H36N4OS/c1-4-5-6-7-8-9-10-11-12-13-16-19-17-14-15-18-20(19)21(23(28)29-3)22-24-25-26-27(22)2/h14-15,17-18,21H,4-13,16H2,1-3H3. The number of thioether (sulfide) groups is 1. The maximum atomic E-state index is 12.7. The second-order valence-electron chi connectivity index (χ2n) is 7.75. The average molecular weight is 417 g/mol. The Morgan fingerprint density at radius 3 is 2.21 bits per heavy atom. The molecule has 0 aliphatic rings. The highest BCUT2D eigenvalue weighted by molar-refractivity contribution is 8.13. The van der Waals surface area contributed by atoms with E-state index in [-0.39, 0.29) is 5.12 Å². The fourth-order valence-corrected chi connectivity index (χ4v) is 4.28. The van der Waals surface area contributed by atoms with Crippen LogP contribution in [0, 0.1) is 0 Å². The van der Waals surface area contributed by atoms with Crippen molar-refractivity contribution in [2.45, 2.75) is 83.5 Å². The second-order valence-corrected chi connectivity index (χ2v) is 8.56. The molecule has 1 aromatic carbocycles. The summed E-state index contributed by atoms with van der Waals surface area (Å²) in [5, 5.41) is 11.9. The van der Waals surface area contributed by atoms with Gasteiger partial charge in [0.15, 0.2) is 5.82 Å². The number of carbonyl (C=O) groups excluding carboxylic acids is 1. The van der Waals surface area contributed by atoms with Gasteiger partial charge in [0.25, 0.3) is 0 Å². The van der Waals surface area contributed by atoms with Crippen molar-refractivity contribution in [2.75, 3.05) is 6.26 Å². The van der Waals surface area contributed by atoms with E-state index in [1.54, 1.807) is 11.7 Å². The highest BCUT2D eigenvalue weighted by Crippen LogP contribution is 2.30. The molecular weight excluding hydrogens is 380 g/mol. The normalized spacial score (nSPS) is 12.2. The lowest BCUT2D eigenvalue weighted by Crippen LogP contribution is -2.17. The number of benzene rings is 1. The van der Waals surface area contributed by atoms with Gasteiger partial charge in [-0.1, -0.05) is 101 Å². The Balaban J connectivity index is 1.88. The lowest BCUT2D eigenvalue weighted by molar-refractivity contribution is -0.111. The smallest absolute Gasteiger partial charge is 0.203 e. The SMILES string of the molecule is CCCCCCCCCCCCc1ccccc1C(C(=O)SC)c1nnnn1C. The highest BCUT2D eigenvalue weighted by Gasteiger charge is 2.28. The van der Waals surface area contributed by atoms with Crippen molar-refractivity contribution in [1.82, 2.24) is 20.2 Å². The van der Waals surface area contributed by atoms with Gasteiger partial charge in [-0.2, -0.15) is 0 Å². The van der Waals surface area contributed by atoms with Crippen molar-refractivity contribution in [3.05, 3.63) is 41.2 Å². The van der Waals surface area contributed by atoms with E-state index in [0.29, 0.717) is 5.82 Å². The summed E-state index contributed by atoms with van der Waals surface area (Å²) in [6.45, 7) is 2.27. The molecule has 0 bridgehead atoms. The van der Waals surface area contributed by atoms with Crippen LogP contribution in [0.3, 0.4) is 0 Å². The number of tetrazole rings is 1. The predicted molar refractivity (Wildman–Crippen MR) is 121 cm³/mol. The molecule has 0 spiro atoms. The van der Waals surface area contributed by atoms with Gasteiger partial charge in [0.1, 0.15) is 5.92 Å². The van der Waals surface area contributed by atoms with Crippen LogP contribution < -0.4 is 0 Å². The number of aromatic nitrogens is 4. The van der Waals surface area contributed by atoms with Crippen molar-refractivity contribution in [3.8, 4) is 0 Å². The molecule has 0 radical (unpaired) electrons. The van der Waals surface area contributed by atoms with Gasteiger partial charge in [-0.05, 0) is 40.7 Å². The molecule has 0 N–H and O–H groups in total. The summed E-state index contributed by atoms with van der Waals surface area (Å²) in [6.07, 6.45) is 16.1. The number of unbranched alkanes of at least 4 members (excludes halogenated alkanes) is 9. The van der Waals surface area contributed by atoms with E-state index in [1.165, 1.54) is 75.1 Å². The Labute approximate surface area is 180 Å². The summed E-state index contributed by atoms with van der Waals surface area (Å²) in [5.74, 6) is 0.198. The summed E-state index contributed by atoms with van der Waals surface area (Å²) in [5.41, 5.74) is 2.28. The van der Waals surface area contributed by atoms with Crippen LogP contribution in [0.15, 0.2) is 24.3 Å². The first kappa shape index (κ1) is 23.6. The average Bonchev–Trinajstić information content (AvgIpc) is 3.16. The molecule has 2 aromatic rings. The maximum Gasteiger partial charge on any atom is 0.203 e. The maximum absolute atomic E-state index is 12.7. The van der Waals surface area contributed by atoms with Crippen LogP contribution in [0.25, 0.3) is 0 Å². The Hall–Kier alpha value is -1.69. The first-order valence-corrected chi connectivity index (χ1v) is 12.3. The van der Waals surface area contributed by atoms with Gasteiger partial charge in [0.05, 0.1) is 0 Å². The van der Waals surface area contributed by atoms with Crippen LogP contribution in [-0.2, 0) is 18.3 Å². The van der Waals surface area contributed by atoms with E-state index in [2.05, 4.69) is 40.6 Å². The zero-order chi connectivity index (χ0) is 20.9. The number of rotatable bonds is 14. The van der Waals surface area contributed by atoms with Crippen molar-refractivity contribution < 1.29 is 4.79 Å². The topological polar surface area (TPSA) is 60.7 Å². The van der Waals surface area contributed by atoms with Crippen molar-refractivity contribution in [1.29, 1.82) is 0 Å². The highest BCUT2D eigenvalue weighted by atomic mass is 32.2. The molecule has 1 heterocycles. The molecule has 1 unspecified atom stereocenters. The molecule has 0 aliphatic heterocycles. The zero-order valence-corrected chi connectivity index (χ0v) is 19.1. The Morgan fingerprint density at radius 2 is 1.62 bits per heavy atom. The first-order chi connectivity index (χ1) is 14.2. The summed E-state index contributed by atoms with van der Waals surface area (Å²) >= 11 is 1.24. The molecule has 6 heteroatoms. The van der Waals surface area contributed by atoms with Crippen LogP contribution in [0.1, 0.15) is 94.0 Å². The summed E-state index contributed by atoms with van der Waals surface area (Å²) in [4.78, 5) is 12.7. The van der Waals surface area contributed by atoms with Crippen molar-refractivity contribution in [3.63, 3.8) is 0 Å². The molecule has 5 nitrogen and oxygen atoms in total. The fraction of sp³-hybridized carbons (Fsp3) is 0.652. The van der Waals surface area contributed by atoms with Crippen molar-refractivity contribution in [2.24, 2.45) is 7.05 Å². The van der Waals surface area contributed by atoms with Gasteiger partial charge in [0, 0.05) is 7.05 Å². The molecular formula is C23H36N4OS. The predicted octanol–water partition coefficient (Wildman–Crippen LogP) is 5.70. The fourth-order valence-electron chi connectivity index (χ4n) is 3.82. The molecule has 0 saturated carbocycles. The number of aryl methyl sites for hydroxylation is 2. The number of carbonyl (C=O) groups is 1. The molecule has 0 fully saturated rings. The molecule has 160 valence electrons. The monoisotopic (exact) mass is 416 g/mol. The molecule has 0 amide bonds. The third-order valence-corrected chi connectivity index (χ3v) is 6.15. The third kappa shape index (κ3) is 7.57. The first-order valence-electron chi connectivity index (χ1n) is 11.1. The van der Waals surface area contributed by atoms with Crippen molar-refractivity contribution >= 4 is 16.9 Å². The van der Waals surface area contributed by atoms with Gasteiger partial charge in [-0.3, -0.25) is 4.79 Å². The number of nitrogens with zero attached hydrogens (tertiary/aromatic N) is 4. The van der Waals surface area contributed by atoms with E-state index >= 15 is 0 Å². The van der Waals surface area contributed by atoms with Crippen LogP contribution in [-0.4, -0.2) is 31.6 Å². The Kier molecular flexibility index (Phi) is 11.0. The third-order valence-electron chi connectivity index (χ3n) is 5.51. The number of hydrogen-bond acceptors (Lipinski definition) is 5. The zero-order valence-electron chi connectivity index (χ0n) is 18.3. The quantitative estimate of drug-likeness (QED) is 0.370.